The van der Waals surface area contributed by atoms with Crippen LogP contribution in [0.1, 0.15) is 39.6 Å². The SMILES string of the molecule is O=c1c2c3c(sc2ncn1C1Cc2ccccc2C1)CC(NCc1cccc(F)c1F)CC3. The molecular formula is C26H23F2N3OS. The van der Waals surface area contributed by atoms with Crippen LogP contribution >= 0.6 is 11.3 Å². The van der Waals surface area contributed by atoms with Gasteiger partial charge in [-0.05, 0) is 54.9 Å². The van der Waals surface area contributed by atoms with E-state index < -0.39 is 11.6 Å². The van der Waals surface area contributed by atoms with Crippen LogP contribution in [0.2, 0.25) is 0 Å². The Hall–Kier alpha value is -2.90. The molecule has 6 rings (SSSR count). The smallest absolute Gasteiger partial charge is 0.262 e. The summed E-state index contributed by atoms with van der Waals surface area (Å²) in [5.41, 5.74) is 4.13. The number of aryl methyl sites for hydroxylation is 1. The van der Waals surface area contributed by atoms with E-state index in [1.165, 1.54) is 22.1 Å². The van der Waals surface area contributed by atoms with Crippen LogP contribution in [0.15, 0.2) is 53.6 Å². The van der Waals surface area contributed by atoms with E-state index >= 15 is 0 Å². The molecule has 4 nitrogen and oxygen atoms in total. The van der Waals surface area contributed by atoms with Crippen molar-refractivity contribution in [3.05, 3.63) is 97.9 Å². The number of fused-ring (bicyclic) bond motifs is 4. The van der Waals surface area contributed by atoms with Gasteiger partial charge in [0.25, 0.3) is 5.56 Å². The highest BCUT2D eigenvalue weighted by Gasteiger charge is 2.28. The van der Waals surface area contributed by atoms with Gasteiger partial charge in [0.15, 0.2) is 11.6 Å². The van der Waals surface area contributed by atoms with Crippen LogP contribution < -0.4 is 10.9 Å². The largest absolute Gasteiger partial charge is 0.309 e. The van der Waals surface area contributed by atoms with Crippen LogP contribution in [0.25, 0.3) is 10.2 Å². The van der Waals surface area contributed by atoms with Crippen molar-refractivity contribution in [3.8, 4) is 0 Å². The third-order valence-electron chi connectivity index (χ3n) is 7.03. The van der Waals surface area contributed by atoms with E-state index in [1.54, 1.807) is 23.7 Å². The summed E-state index contributed by atoms with van der Waals surface area (Å²) in [6.07, 6.45) is 5.83. The van der Waals surface area contributed by atoms with E-state index in [0.717, 1.165) is 54.0 Å². The maximum absolute atomic E-state index is 14.0. The monoisotopic (exact) mass is 463 g/mol. The van der Waals surface area contributed by atoms with Crippen molar-refractivity contribution in [3.63, 3.8) is 0 Å². The first-order valence-electron chi connectivity index (χ1n) is 11.3. The number of halogens is 2. The van der Waals surface area contributed by atoms with Gasteiger partial charge in [-0.25, -0.2) is 13.8 Å². The van der Waals surface area contributed by atoms with E-state index in [1.807, 2.05) is 16.7 Å². The van der Waals surface area contributed by atoms with Crippen molar-refractivity contribution >= 4 is 21.6 Å². The highest BCUT2D eigenvalue weighted by atomic mass is 32.1. The second kappa shape index (κ2) is 8.15. The zero-order valence-electron chi connectivity index (χ0n) is 18.0. The first kappa shape index (κ1) is 20.7. The Labute approximate surface area is 193 Å². The minimum Gasteiger partial charge on any atom is -0.309 e. The van der Waals surface area contributed by atoms with Crippen LogP contribution in [-0.4, -0.2) is 15.6 Å². The molecule has 1 unspecified atom stereocenters. The van der Waals surface area contributed by atoms with E-state index in [4.69, 9.17) is 0 Å². The van der Waals surface area contributed by atoms with Gasteiger partial charge < -0.3 is 5.32 Å². The molecule has 0 fully saturated rings. The molecule has 0 radical (unpaired) electrons. The third kappa shape index (κ3) is 3.60. The molecule has 2 heterocycles. The van der Waals surface area contributed by atoms with Gasteiger partial charge in [-0.1, -0.05) is 36.4 Å². The number of nitrogens with one attached hydrogen (secondary N) is 1. The number of nitrogens with zero attached hydrogens (tertiary/aromatic N) is 2. The highest BCUT2D eigenvalue weighted by Crippen LogP contribution is 2.35. The second-order valence-corrected chi connectivity index (χ2v) is 10.1. The fraction of sp³-hybridized carbons (Fsp3) is 0.308. The van der Waals surface area contributed by atoms with Crippen molar-refractivity contribution in [1.29, 1.82) is 0 Å². The lowest BCUT2D eigenvalue weighted by molar-refractivity contribution is 0.445. The molecule has 2 aliphatic rings. The Kier molecular flexibility index (Phi) is 5.11. The van der Waals surface area contributed by atoms with Crippen LogP contribution in [0, 0.1) is 11.6 Å². The third-order valence-corrected chi connectivity index (χ3v) is 8.19. The normalized spacial score (nSPS) is 17.9. The van der Waals surface area contributed by atoms with E-state index in [0.29, 0.717) is 5.56 Å². The summed E-state index contributed by atoms with van der Waals surface area (Å²) in [5.74, 6) is -1.61. The molecule has 168 valence electrons. The summed E-state index contributed by atoms with van der Waals surface area (Å²) in [6.45, 7) is 0.280. The van der Waals surface area contributed by atoms with Gasteiger partial charge in [0.1, 0.15) is 4.83 Å². The number of hydrogen-bond acceptors (Lipinski definition) is 4. The maximum atomic E-state index is 14.0. The Bertz CT molecular complexity index is 1400. The molecule has 0 amide bonds. The molecule has 1 N–H and O–H groups in total. The topological polar surface area (TPSA) is 46.9 Å². The average Bonchev–Trinajstić information content (AvgIpc) is 3.41. The fourth-order valence-corrected chi connectivity index (χ4v) is 6.54. The van der Waals surface area contributed by atoms with Crippen molar-refractivity contribution < 1.29 is 8.78 Å². The zero-order valence-corrected chi connectivity index (χ0v) is 18.8. The van der Waals surface area contributed by atoms with Gasteiger partial charge in [-0.2, -0.15) is 0 Å². The molecule has 0 bridgehead atoms. The maximum Gasteiger partial charge on any atom is 0.262 e. The molecule has 4 aromatic rings. The summed E-state index contributed by atoms with van der Waals surface area (Å²) >= 11 is 1.58. The molecule has 0 saturated heterocycles. The average molecular weight is 464 g/mol. The van der Waals surface area contributed by atoms with Crippen LogP contribution in [0.4, 0.5) is 8.78 Å². The predicted octanol–water partition coefficient (Wildman–Crippen LogP) is 4.72. The molecule has 2 aromatic heterocycles. The molecule has 2 aromatic carbocycles. The first-order chi connectivity index (χ1) is 16.1. The van der Waals surface area contributed by atoms with Crippen molar-refractivity contribution in [2.75, 3.05) is 0 Å². The molecule has 33 heavy (non-hydrogen) atoms. The molecule has 2 aliphatic carbocycles. The standard InChI is InChI=1S/C26H23F2N3OS/c27-21-7-3-6-17(24(21)28)13-29-18-8-9-20-22(12-18)33-25-23(20)26(32)31(14-30-25)19-10-15-4-1-2-5-16(15)11-19/h1-7,14,18-19,29H,8-13H2. The molecule has 0 aliphatic heterocycles. The van der Waals surface area contributed by atoms with E-state index in [9.17, 15) is 13.6 Å². The Balaban J connectivity index is 1.24. The highest BCUT2D eigenvalue weighted by molar-refractivity contribution is 7.18. The summed E-state index contributed by atoms with van der Waals surface area (Å²) in [4.78, 5) is 20.1. The quantitative estimate of drug-likeness (QED) is 0.476. The summed E-state index contributed by atoms with van der Waals surface area (Å²) in [6, 6.07) is 12.9. The van der Waals surface area contributed by atoms with Crippen molar-refractivity contribution in [2.45, 2.75) is 50.7 Å². The predicted molar refractivity (Wildman–Crippen MR) is 126 cm³/mol. The summed E-state index contributed by atoms with van der Waals surface area (Å²) < 4.78 is 29.3. The Morgan fingerprint density at radius 3 is 2.64 bits per heavy atom. The van der Waals surface area contributed by atoms with Crippen LogP contribution in [0.5, 0.6) is 0 Å². The first-order valence-corrected chi connectivity index (χ1v) is 12.1. The fourth-order valence-electron chi connectivity index (χ4n) is 5.29. The van der Waals surface area contributed by atoms with Gasteiger partial charge in [0, 0.05) is 29.1 Å². The Morgan fingerprint density at radius 1 is 1.06 bits per heavy atom. The van der Waals surface area contributed by atoms with Gasteiger partial charge in [-0.15, -0.1) is 11.3 Å². The lowest BCUT2D eigenvalue weighted by atomic mass is 9.93. The van der Waals surface area contributed by atoms with Crippen LogP contribution in [0.3, 0.4) is 0 Å². The summed E-state index contributed by atoms with van der Waals surface area (Å²) in [5, 5.41) is 4.14. The van der Waals surface area contributed by atoms with Crippen molar-refractivity contribution in [2.24, 2.45) is 0 Å². The molecule has 0 saturated carbocycles. The van der Waals surface area contributed by atoms with Crippen molar-refractivity contribution in [1.82, 2.24) is 14.9 Å². The Morgan fingerprint density at radius 2 is 1.85 bits per heavy atom. The number of benzene rings is 2. The molecule has 0 spiro atoms. The number of hydrogen-bond donors (Lipinski definition) is 1. The van der Waals surface area contributed by atoms with Gasteiger partial charge >= 0.3 is 0 Å². The molecule has 7 heteroatoms. The van der Waals surface area contributed by atoms with Gasteiger partial charge in [-0.3, -0.25) is 9.36 Å². The van der Waals surface area contributed by atoms with Gasteiger partial charge in [0.2, 0.25) is 0 Å². The lowest BCUT2D eigenvalue weighted by Gasteiger charge is -2.23. The molecule has 1 atom stereocenters. The number of aromatic nitrogens is 2. The number of rotatable bonds is 4. The van der Waals surface area contributed by atoms with E-state index in [-0.39, 0.29) is 24.2 Å². The van der Waals surface area contributed by atoms with E-state index in [2.05, 4.69) is 22.4 Å². The van der Waals surface area contributed by atoms with Gasteiger partial charge in [0.05, 0.1) is 11.7 Å². The summed E-state index contributed by atoms with van der Waals surface area (Å²) in [7, 11) is 0. The number of thiophene rings is 1. The second-order valence-electron chi connectivity index (χ2n) is 9.01. The molecular weight excluding hydrogens is 440 g/mol. The lowest BCUT2D eigenvalue weighted by Crippen LogP contribution is -2.34. The zero-order chi connectivity index (χ0) is 22.5. The minimum absolute atomic E-state index is 0.0588. The minimum atomic E-state index is -0.822. The van der Waals surface area contributed by atoms with Crippen LogP contribution in [-0.2, 0) is 32.2 Å².